The number of ketones is 1. The lowest BCUT2D eigenvalue weighted by molar-refractivity contribution is -0.142. The van der Waals surface area contributed by atoms with Crippen molar-refractivity contribution in [3.05, 3.63) is 108 Å². The molecule has 0 atom stereocenters. The first kappa shape index (κ1) is 25.8. The molecule has 0 bridgehead atoms. The van der Waals surface area contributed by atoms with Gasteiger partial charge in [0.15, 0.2) is 5.78 Å². The van der Waals surface area contributed by atoms with Gasteiger partial charge in [0.25, 0.3) is 0 Å². The van der Waals surface area contributed by atoms with Crippen molar-refractivity contribution in [2.45, 2.75) is 45.8 Å². The summed E-state index contributed by atoms with van der Waals surface area (Å²) in [5, 5.41) is 0. The van der Waals surface area contributed by atoms with Crippen LogP contribution in [0.1, 0.15) is 53.2 Å². The molecule has 0 aliphatic carbocycles. The zero-order valence-corrected chi connectivity index (χ0v) is 20.2. The number of carbonyl (C=O) groups is 2. The van der Waals surface area contributed by atoms with Crippen LogP contribution < -0.4 is 9.47 Å². The van der Waals surface area contributed by atoms with Crippen LogP contribution in [-0.2, 0) is 29.2 Å². The van der Waals surface area contributed by atoms with E-state index in [1.54, 1.807) is 25.1 Å². The number of unbranched alkanes of at least 4 members (excludes halogenated alkanes) is 1. The Labute approximate surface area is 207 Å². The van der Waals surface area contributed by atoms with E-state index < -0.39 is 5.97 Å². The second-order valence-electron chi connectivity index (χ2n) is 8.09. The summed E-state index contributed by atoms with van der Waals surface area (Å²) in [6.45, 7) is 6.39. The third-order valence-corrected chi connectivity index (χ3v) is 5.37. The monoisotopic (exact) mass is 472 g/mol. The van der Waals surface area contributed by atoms with Crippen LogP contribution in [0.3, 0.4) is 0 Å². The molecule has 0 spiro atoms. The SMILES string of the molecule is C=CCCCC(=O)c1c(CC(=O)OCC)cc(OCc2ccccc2)cc1OCc1ccccc1. The summed E-state index contributed by atoms with van der Waals surface area (Å²) in [6.07, 6.45) is 3.48. The molecule has 0 N–H and O–H groups in total. The van der Waals surface area contributed by atoms with Crippen LogP contribution in [-0.4, -0.2) is 18.4 Å². The third-order valence-electron chi connectivity index (χ3n) is 5.37. The summed E-state index contributed by atoms with van der Waals surface area (Å²) in [5.41, 5.74) is 2.93. The van der Waals surface area contributed by atoms with Gasteiger partial charge >= 0.3 is 5.97 Å². The van der Waals surface area contributed by atoms with Gasteiger partial charge in [0.05, 0.1) is 18.6 Å². The van der Waals surface area contributed by atoms with E-state index in [2.05, 4.69) is 6.58 Å². The molecule has 0 unspecified atom stereocenters. The summed E-state index contributed by atoms with van der Waals surface area (Å²) in [4.78, 5) is 25.7. The number of ether oxygens (including phenoxy) is 3. The van der Waals surface area contributed by atoms with Gasteiger partial charge in [-0.3, -0.25) is 9.59 Å². The molecule has 0 fully saturated rings. The van der Waals surface area contributed by atoms with Crippen LogP contribution in [0.4, 0.5) is 0 Å². The zero-order chi connectivity index (χ0) is 24.9. The molecular weight excluding hydrogens is 440 g/mol. The summed E-state index contributed by atoms with van der Waals surface area (Å²) >= 11 is 0. The van der Waals surface area contributed by atoms with Crippen molar-refractivity contribution in [2.24, 2.45) is 0 Å². The molecule has 0 saturated heterocycles. The minimum Gasteiger partial charge on any atom is -0.489 e. The molecule has 182 valence electrons. The predicted molar refractivity (Wildman–Crippen MR) is 137 cm³/mol. The minimum atomic E-state index is -0.401. The molecule has 5 heteroatoms. The Morgan fingerprint density at radius 2 is 1.51 bits per heavy atom. The average molecular weight is 473 g/mol. The zero-order valence-electron chi connectivity index (χ0n) is 20.2. The van der Waals surface area contributed by atoms with Gasteiger partial charge in [0.2, 0.25) is 0 Å². The van der Waals surface area contributed by atoms with Crippen LogP contribution in [0, 0.1) is 0 Å². The second-order valence-corrected chi connectivity index (χ2v) is 8.09. The summed E-state index contributed by atoms with van der Waals surface area (Å²) in [6, 6.07) is 23.0. The van der Waals surface area contributed by atoms with Crippen LogP contribution in [0.2, 0.25) is 0 Å². The first-order valence-electron chi connectivity index (χ1n) is 11.9. The molecule has 35 heavy (non-hydrogen) atoms. The van der Waals surface area contributed by atoms with Crippen molar-refractivity contribution in [3.8, 4) is 11.5 Å². The van der Waals surface area contributed by atoms with Crippen molar-refractivity contribution < 1.29 is 23.8 Å². The second kappa shape index (κ2) is 13.8. The van der Waals surface area contributed by atoms with Crippen molar-refractivity contribution in [3.63, 3.8) is 0 Å². The third kappa shape index (κ3) is 8.14. The molecule has 0 radical (unpaired) electrons. The molecule has 5 nitrogen and oxygen atoms in total. The molecule has 3 rings (SSSR count). The molecule has 0 aliphatic rings. The van der Waals surface area contributed by atoms with Gasteiger partial charge in [-0.2, -0.15) is 0 Å². The van der Waals surface area contributed by atoms with Gasteiger partial charge in [0.1, 0.15) is 24.7 Å². The minimum absolute atomic E-state index is 0.0411. The largest absolute Gasteiger partial charge is 0.489 e. The highest BCUT2D eigenvalue weighted by Gasteiger charge is 2.22. The Balaban J connectivity index is 1.96. The highest BCUT2D eigenvalue weighted by atomic mass is 16.5. The summed E-state index contributed by atoms with van der Waals surface area (Å²) < 4.78 is 17.4. The fourth-order valence-corrected chi connectivity index (χ4v) is 3.67. The topological polar surface area (TPSA) is 61.8 Å². The van der Waals surface area contributed by atoms with Crippen LogP contribution in [0.5, 0.6) is 11.5 Å². The number of benzene rings is 3. The van der Waals surface area contributed by atoms with Gasteiger partial charge in [-0.25, -0.2) is 0 Å². The number of hydrogen-bond donors (Lipinski definition) is 0. The predicted octanol–water partition coefficient (Wildman–Crippen LogP) is 6.49. The standard InChI is InChI=1S/C30H32O5/c1-3-5-8-17-27(31)30-25(19-29(32)33-4-2)18-26(34-21-23-13-9-6-10-14-23)20-28(30)35-22-24-15-11-7-12-16-24/h3,6-7,9-16,18,20H,1,4-5,8,17,19,21-22H2,2H3. The Bertz CT molecular complexity index is 1110. The Kier molecular flexibility index (Phi) is 10.1. The normalized spacial score (nSPS) is 10.4. The number of hydrogen-bond acceptors (Lipinski definition) is 5. The highest BCUT2D eigenvalue weighted by molar-refractivity contribution is 6.01. The number of esters is 1. The first-order chi connectivity index (χ1) is 17.1. The Morgan fingerprint density at radius 3 is 2.11 bits per heavy atom. The van der Waals surface area contributed by atoms with E-state index in [4.69, 9.17) is 14.2 Å². The quantitative estimate of drug-likeness (QED) is 0.116. The summed E-state index contributed by atoms with van der Waals surface area (Å²) in [5.74, 6) is 0.451. The Hall–Kier alpha value is -3.86. The number of rotatable bonds is 14. The summed E-state index contributed by atoms with van der Waals surface area (Å²) in [7, 11) is 0. The lowest BCUT2D eigenvalue weighted by atomic mass is 9.96. The van der Waals surface area contributed by atoms with Gasteiger partial charge in [-0.15, -0.1) is 6.58 Å². The highest BCUT2D eigenvalue weighted by Crippen LogP contribution is 2.32. The lowest BCUT2D eigenvalue weighted by Crippen LogP contribution is -2.14. The van der Waals surface area contributed by atoms with Gasteiger partial charge < -0.3 is 14.2 Å². The smallest absolute Gasteiger partial charge is 0.310 e. The molecule has 0 heterocycles. The van der Waals surface area contributed by atoms with Gasteiger partial charge in [-0.05, 0) is 42.5 Å². The van der Waals surface area contributed by atoms with E-state index in [1.807, 2.05) is 60.7 Å². The van der Waals surface area contributed by atoms with Crippen LogP contribution in [0.25, 0.3) is 0 Å². The molecular formula is C30H32O5. The van der Waals surface area contributed by atoms with Crippen molar-refractivity contribution in [1.29, 1.82) is 0 Å². The maximum Gasteiger partial charge on any atom is 0.310 e. The maximum atomic E-state index is 13.3. The lowest BCUT2D eigenvalue weighted by Gasteiger charge is -2.18. The molecule has 3 aromatic rings. The number of Topliss-reactive ketones (excluding diaryl/α,β-unsaturated/α-hetero) is 1. The van der Waals surface area contributed by atoms with Crippen molar-refractivity contribution in [2.75, 3.05) is 6.61 Å². The number of carbonyl (C=O) groups excluding carboxylic acids is 2. The van der Waals surface area contributed by atoms with E-state index in [0.29, 0.717) is 42.1 Å². The van der Waals surface area contributed by atoms with Crippen molar-refractivity contribution in [1.82, 2.24) is 0 Å². The maximum absolute atomic E-state index is 13.3. The van der Waals surface area contributed by atoms with E-state index in [9.17, 15) is 9.59 Å². The Morgan fingerprint density at radius 1 is 0.886 bits per heavy atom. The molecule has 0 aromatic heterocycles. The fourth-order valence-electron chi connectivity index (χ4n) is 3.67. The average Bonchev–Trinajstić information content (AvgIpc) is 2.87. The fraction of sp³-hybridized carbons (Fsp3) is 0.267. The molecule has 0 amide bonds. The van der Waals surface area contributed by atoms with Crippen LogP contribution in [0.15, 0.2) is 85.5 Å². The van der Waals surface area contributed by atoms with E-state index >= 15 is 0 Å². The van der Waals surface area contributed by atoms with E-state index in [0.717, 1.165) is 17.5 Å². The van der Waals surface area contributed by atoms with Crippen molar-refractivity contribution >= 4 is 11.8 Å². The van der Waals surface area contributed by atoms with Crippen LogP contribution >= 0.6 is 0 Å². The molecule has 0 saturated carbocycles. The van der Waals surface area contributed by atoms with Gasteiger partial charge in [-0.1, -0.05) is 66.7 Å². The molecule has 3 aromatic carbocycles. The van der Waals surface area contributed by atoms with Gasteiger partial charge in [0, 0.05) is 12.5 Å². The van der Waals surface area contributed by atoms with E-state index in [1.165, 1.54) is 0 Å². The first-order valence-corrected chi connectivity index (χ1v) is 11.9. The molecule has 0 aliphatic heterocycles. The van der Waals surface area contributed by atoms with E-state index in [-0.39, 0.29) is 25.4 Å². The number of allylic oxidation sites excluding steroid dienone is 1.